The van der Waals surface area contributed by atoms with Crippen LogP contribution < -0.4 is 9.47 Å². The van der Waals surface area contributed by atoms with Crippen LogP contribution in [0, 0.1) is 0 Å². The zero-order valence-corrected chi connectivity index (χ0v) is 29.8. The summed E-state index contributed by atoms with van der Waals surface area (Å²) in [6.07, 6.45) is -1.10. The molecule has 5 aromatic rings. The standard InChI is InChI=1S/C42H46O4S2/c1-41(2,31-18-22-37(23-19-31)45-27-35(43)29-47-39-14-7-5-8-15-39)33-12-11-13-34(26-33)42(3,4)32-20-24-38(25-21-32)46-28-36(44)30-48-40-16-9-6-10-17-40/h5-26,35-36,43-44H,27-30H2,1-4H3. The van der Waals surface area contributed by atoms with Gasteiger partial charge in [0.25, 0.3) is 0 Å². The predicted octanol–water partition coefficient (Wildman–Crippen LogP) is 9.40. The molecule has 0 heterocycles. The Morgan fingerprint density at radius 1 is 0.479 bits per heavy atom. The average Bonchev–Trinajstić information content (AvgIpc) is 3.12. The molecular formula is C42H46O4S2. The summed E-state index contributed by atoms with van der Waals surface area (Å²) in [4.78, 5) is 2.28. The van der Waals surface area contributed by atoms with E-state index in [1.807, 2.05) is 84.9 Å². The lowest BCUT2D eigenvalue weighted by atomic mass is 9.73. The smallest absolute Gasteiger partial charge is 0.119 e. The Morgan fingerprint density at radius 3 is 1.23 bits per heavy atom. The van der Waals surface area contributed by atoms with Crippen molar-refractivity contribution >= 4 is 23.5 Å². The molecule has 0 radical (unpaired) electrons. The highest BCUT2D eigenvalue weighted by Gasteiger charge is 2.28. The number of thioether (sulfide) groups is 2. The first-order valence-corrected chi connectivity index (χ1v) is 18.4. The molecule has 48 heavy (non-hydrogen) atoms. The van der Waals surface area contributed by atoms with Gasteiger partial charge in [0.2, 0.25) is 0 Å². The Hall–Kier alpha value is -3.68. The molecule has 0 aromatic heterocycles. The van der Waals surface area contributed by atoms with Gasteiger partial charge in [0.05, 0.1) is 12.2 Å². The van der Waals surface area contributed by atoms with E-state index in [1.165, 1.54) is 22.3 Å². The molecule has 0 aliphatic rings. The van der Waals surface area contributed by atoms with Crippen molar-refractivity contribution in [3.8, 4) is 11.5 Å². The second-order valence-corrected chi connectivity index (χ2v) is 15.2. The fourth-order valence-corrected chi connectivity index (χ4v) is 7.13. The molecule has 0 saturated carbocycles. The molecule has 4 nitrogen and oxygen atoms in total. The van der Waals surface area contributed by atoms with Gasteiger partial charge in [-0.3, -0.25) is 0 Å². The molecule has 6 heteroatoms. The number of hydrogen-bond donors (Lipinski definition) is 2. The van der Waals surface area contributed by atoms with Gasteiger partial charge < -0.3 is 19.7 Å². The van der Waals surface area contributed by atoms with E-state index in [-0.39, 0.29) is 24.0 Å². The maximum atomic E-state index is 10.4. The fraction of sp³-hybridized carbons (Fsp3) is 0.286. The van der Waals surface area contributed by atoms with Crippen LogP contribution in [0.1, 0.15) is 49.9 Å². The number of ether oxygens (including phenoxy) is 2. The maximum absolute atomic E-state index is 10.4. The first kappa shape index (κ1) is 35.6. The molecule has 0 aliphatic heterocycles. The molecule has 0 saturated heterocycles. The van der Waals surface area contributed by atoms with Crippen molar-refractivity contribution in [1.82, 2.24) is 0 Å². The highest BCUT2D eigenvalue weighted by molar-refractivity contribution is 7.99. The third kappa shape index (κ3) is 9.70. The zero-order valence-electron chi connectivity index (χ0n) is 28.2. The predicted molar refractivity (Wildman–Crippen MR) is 201 cm³/mol. The van der Waals surface area contributed by atoms with E-state index >= 15 is 0 Å². The minimum Gasteiger partial charge on any atom is -0.491 e. The molecule has 0 fully saturated rings. The first-order chi connectivity index (χ1) is 23.1. The second-order valence-electron chi connectivity index (χ2n) is 13.1. The number of benzene rings is 5. The van der Waals surface area contributed by atoms with Gasteiger partial charge in [0.15, 0.2) is 0 Å². The summed E-state index contributed by atoms with van der Waals surface area (Å²) in [5.74, 6) is 2.67. The van der Waals surface area contributed by atoms with E-state index in [0.29, 0.717) is 11.5 Å². The van der Waals surface area contributed by atoms with Crippen LogP contribution in [0.2, 0.25) is 0 Å². The number of rotatable bonds is 16. The maximum Gasteiger partial charge on any atom is 0.119 e. The van der Waals surface area contributed by atoms with Crippen LogP contribution in [-0.4, -0.2) is 47.1 Å². The van der Waals surface area contributed by atoms with E-state index < -0.39 is 12.2 Å². The SMILES string of the molecule is CC(C)(c1ccc(OCC(O)CSc2ccccc2)cc1)c1cccc(C(C)(C)c2ccc(OCC(O)CSc3ccccc3)cc2)c1. The minimum absolute atomic E-state index is 0.228. The highest BCUT2D eigenvalue weighted by atomic mass is 32.2. The van der Waals surface area contributed by atoms with Crippen molar-refractivity contribution in [3.63, 3.8) is 0 Å². The van der Waals surface area contributed by atoms with E-state index in [2.05, 4.69) is 76.2 Å². The van der Waals surface area contributed by atoms with E-state index in [0.717, 1.165) is 21.3 Å². The third-order valence-corrected chi connectivity index (χ3v) is 11.0. The summed E-state index contributed by atoms with van der Waals surface area (Å²) >= 11 is 3.26. The minimum atomic E-state index is -0.552. The Balaban J connectivity index is 1.16. The Kier molecular flexibility index (Phi) is 12.3. The second kappa shape index (κ2) is 16.6. The molecule has 0 amide bonds. The molecule has 2 unspecified atom stereocenters. The van der Waals surface area contributed by atoms with Crippen LogP contribution in [0.5, 0.6) is 11.5 Å². The first-order valence-electron chi connectivity index (χ1n) is 16.4. The summed E-state index contributed by atoms with van der Waals surface area (Å²) in [5, 5.41) is 20.9. The van der Waals surface area contributed by atoms with Crippen molar-refractivity contribution in [2.45, 2.75) is 60.5 Å². The lowest BCUT2D eigenvalue weighted by Crippen LogP contribution is -2.23. The van der Waals surface area contributed by atoms with Crippen molar-refractivity contribution in [2.75, 3.05) is 24.7 Å². The van der Waals surface area contributed by atoms with Crippen LogP contribution in [0.25, 0.3) is 0 Å². The number of aliphatic hydroxyl groups is 2. The Labute approximate surface area is 294 Å². The molecular weight excluding hydrogens is 633 g/mol. The van der Waals surface area contributed by atoms with Gasteiger partial charge in [0, 0.05) is 32.1 Å². The van der Waals surface area contributed by atoms with Crippen LogP contribution >= 0.6 is 23.5 Å². The normalized spacial score (nSPS) is 13.1. The lowest BCUT2D eigenvalue weighted by Gasteiger charge is -2.31. The van der Waals surface area contributed by atoms with Crippen molar-refractivity contribution in [1.29, 1.82) is 0 Å². The Bertz CT molecular complexity index is 1560. The lowest BCUT2D eigenvalue weighted by molar-refractivity contribution is 0.126. The van der Waals surface area contributed by atoms with Crippen molar-refractivity contribution in [2.24, 2.45) is 0 Å². The molecule has 5 rings (SSSR count). The van der Waals surface area contributed by atoms with Crippen LogP contribution in [-0.2, 0) is 10.8 Å². The van der Waals surface area contributed by atoms with Crippen LogP contribution in [0.3, 0.4) is 0 Å². The summed E-state index contributed by atoms with van der Waals surface area (Å²) in [5.41, 5.74) is 4.39. The van der Waals surface area contributed by atoms with Crippen LogP contribution in [0.4, 0.5) is 0 Å². The van der Waals surface area contributed by atoms with E-state index in [9.17, 15) is 10.2 Å². The topological polar surface area (TPSA) is 58.9 Å². The van der Waals surface area contributed by atoms with Crippen molar-refractivity contribution in [3.05, 3.63) is 156 Å². The van der Waals surface area contributed by atoms with E-state index in [1.54, 1.807) is 23.5 Å². The molecule has 0 aliphatic carbocycles. The van der Waals surface area contributed by atoms with Crippen LogP contribution in [0.15, 0.2) is 143 Å². The van der Waals surface area contributed by atoms with E-state index in [4.69, 9.17) is 9.47 Å². The van der Waals surface area contributed by atoms with Gasteiger partial charge in [-0.05, 0) is 70.8 Å². The highest BCUT2D eigenvalue weighted by Crippen LogP contribution is 2.38. The Morgan fingerprint density at radius 2 is 0.854 bits per heavy atom. The van der Waals surface area contributed by atoms with Gasteiger partial charge >= 0.3 is 0 Å². The fourth-order valence-electron chi connectivity index (χ4n) is 5.47. The largest absolute Gasteiger partial charge is 0.491 e. The monoisotopic (exact) mass is 678 g/mol. The molecule has 2 atom stereocenters. The van der Waals surface area contributed by atoms with Gasteiger partial charge in [-0.1, -0.05) is 113 Å². The zero-order chi connectivity index (χ0) is 34.0. The van der Waals surface area contributed by atoms with Crippen molar-refractivity contribution < 1.29 is 19.7 Å². The quantitative estimate of drug-likeness (QED) is 0.101. The molecule has 5 aromatic carbocycles. The molecule has 0 bridgehead atoms. The summed E-state index contributed by atoms with van der Waals surface area (Å²) in [6, 6.07) is 45.5. The molecule has 0 spiro atoms. The molecule has 2 N–H and O–H groups in total. The molecule has 250 valence electrons. The van der Waals surface area contributed by atoms with Gasteiger partial charge in [0.1, 0.15) is 24.7 Å². The van der Waals surface area contributed by atoms with Gasteiger partial charge in [-0.25, -0.2) is 0 Å². The average molecular weight is 679 g/mol. The van der Waals surface area contributed by atoms with Gasteiger partial charge in [-0.2, -0.15) is 0 Å². The summed E-state index contributed by atoms with van der Waals surface area (Å²) in [6.45, 7) is 9.50. The number of aliphatic hydroxyl groups excluding tert-OH is 2. The number of hydrogen-bond acceptors (Lipinski definition) is 6. The summed E-state index contributed by atoms with van der Waals surface area (Å²) in [7, 11) is 0. The summed E-state index contributed by atoms with van der Waals surface area (Å²) < 4.78 is 11.8. The van der Waals surface area contributed by atoms with Gasteiger partial charge in [-0.15, -0.1) is 23.5 Å². The third-order valence-electron chi connectivity index (χ3n) is 8.71.